The smallest absolute Gasteiger partial charge is 0.406 e. The van der Waals surface area contributed by atoms with Crippen molar-refractivity contribution in [2.45, 2.75) is 19.6 Å². The third-order valence-corrected chi connectivity index (χ3v) is 3.31. The summed E-state index contributed by atoms with van der Waals surface area (Å²) in [7, 11) is 0. The molecule has 0 unspecified atom stereocenters. The predicted octanol–water partition coefficient (Wildman–Crippen LogP) is 3.47. The Hall–Kier alpha value is -3.04. The molecule has 2 rings (SSSR count). The van der Waals surface area contributed by atoms with Crippen LogP contribution in [0.4, 0.5) is 18.9 Å². The highest BCUT2D eigenvalue weighted by molar-refractivity contribution is 5.78. The molecule has 10 heteroatoms. The Morgan fingerprint density at radius 2 is 2.08 bits per heavy atom. The number of rotatable bonds is 7. The van der Waals surface area contributed by atoms with Crippen LogP contribution in [0.5, 0.6) is 5.75 Å². The zero-order valence-electron chi connectivity index (χ0n) is 13.7. The van der Waals surface area contributed by atoms with Crippen LogP contribution < -0.4 is 4.74 Å². The highest BCUT2D eigenvalue weighted by Crippen LogP contribution is 2.28. The fourth-order valence-electron chi connectivity index (χ4n) is 2.16. The summed E-state index contributed by atoms with van der Waals surface area (Å²) < 4.78 is 48.3. The lowest BCUT2D eigenvalue weighted by molar-refractivity contribution is -0.385. The maximum absolute atomic E-state index is 12.7. The summed E-state index contributed by atoms with van der Waals surface area (Å²) in [5, 5.41) is 11.0. The van der Waals surface area contributed by atoms with Crippen LogP contribution in [0, 0.1) is 17.0 Å². The highest BCUT2D eigenvalue weighted by atomic mass is 19.4. The van der Waals surface area contributed by atoms with Gasteiger partial charge in [0.15, 0.2) is 12.4 Å². The Morgan fingerprint density at radius 1 is 1.35 bits per heavy atom. The normalized spacial score (nSPS) is 11.2. The lowest BCUT2D eigenvalue weighted by Crippen LogP contribution is -2.40. The Labute approximate surface area is 146 Å². The van der Waals surface area contributed by atoms with Crippen LogP contribution in [0.25, 0.3) is 0 Å². The second kappa shape index (κ2) is 7.89. The molecule has 0 aliphatic rings. The number of hydrogen-bond donors (Lipinski definition) is 0. The Balaban J connectivity index is 2.11. The summed E-state index contributed by atoms with van der Waals surface area (Å²) in [6, 6.07) is 6.94. The number of amides is 1. The molecule has 0 atom stereocenters. The zero-order valence-corrected chi connectivity index (χ0v) is 13.7. The van der Waals surface area contributed by atoms with Crippen LogP contribution in [0.15, 0.2) is 41.0 Å². The van der Waals surface area contributed by atoms with Crippen LogP contribution >= 0.6 is 0 Å². The highest BCUT2D eigenvalue weighted by Gasteiger charge is 2.33. The second-order valence-corrected chi connectivity index (χ2v) is 5.46. The molecule has 1 aromatic carbocycles. The monoisotopic (exact) mass is 372 g/mol. The molecule has 140 valence electrons. The van der Waals surface area contributed by atoms with E-state index in [4.69, 9.17) is 9.15 Å². The molecule has 1 amide bonds. The topological polar surface area (TPSA) is 85.8 Å². The molecule has 2 aromatic rings. The maximum atomic E-state index is 12.7. The van der Waals surface area contributed by atoms with Crippen LogP contribution in [0.2, 0.25) is 0 Å². The molecule has 0 radical (unpaired) electrons. The average molecular weight is 372 g/mol. The standard InChI is InChI=1S/C16H15F3N2O5/c1-11-4-5-13(21(23)24)14(7-11)26-9-15(22)20(10-16(17,18)19)8-12-3-2-6-25-12/h2-7H,8-10H2,1H3. The van der Waals surface area contributed by atoms with Crippen LogP contribution in [0.1, 0.15) is 11.3 Å². The molecule has 7 nitrogen and oxygen atoms in total. The van der Waals surface area contributed by atoms with E-state index in [1.165, 1.54) is 36.6 Å². The molecular formula is C16H15F3N2O5. The third kappa shape index (κ3) is 5.50. The summed E-state index contributed by atoms with van der Waals surface area (Å²) in [6.45, 7) is -1.01. The van der Waals surface area contributed by atoms with Crippen LogP contribution in [-0.4, -0.2) is 35.1 Å². The van der Waals surface area contributed by atoms with Gasteiger partial charge in [-0.3, -0.25) is 14.9 Å². The summed E-state index contributed by atoms with van der Waals surface area (Å²) in [5.74, 6) is -0.994. The van der Waals surface area contributed by atoms with Gasteiger partial charge < -0.3 is 14.1 Å². The Morgan fingerprint density at radius 3 is 2.65 bits per heavy atom. The van der Waals surface area contributed by atoms with Crippen molar-refractivity contribution >= 4 is 11.6 Å². The number of ether oxygens (including phenoxy) is 1. The molecule has 0 saturated heterocycles. The van der Waals surface area contributed by atoms with Gasteiger partial charge in [0.25, 0.3) is 5.91 Å². The number of nitro groups is 1. The number of carbonyl (C=O) groups excluding carboxylic acids is 1. The molecule has 1 aromatic heterocycles. The van der Waals surface area contributed by atoms with Gasteiger partial charge in [-0.2, -0.15) is 13.2 Å². The lowest BCUT2D eigenvalue weighted by Gasteiger charge is -2.23. The van der Waals surface area contributed by atoms with Crippen molar-refractivity contribution in [2.75, 3.05) is 13.2 Å². The van der Waals surface area contributed by atoms with E-state index in [1.54, 1.807) is 6.92 Å². The fraction of sp³-hybridized carbons (Fsp3) is 0.312. The van der Waals surface area contributed by atoms with E-state index in [1.807, 2.05) is 0 Å². The predicted molar refractivity (Wildman–Crippen MR) is 83.5 cm³/mol. The zero-order chi connectivity index (χ0) is 19.3. The number of hydrogen-bond acceptors (Lipinski definition) is 5. The van der Waals surface area contributed by atoms with E-state index in [2.05, 4.69) is 0 Å². The van der Waals surface area contributed by atoms with Gasteiger partial charge in [-0.05, 0) is 30.7 Å². The molecule has 0 N–H and O–H groups in total. The van der Waals surface area contributed by atoms with Crippen LogP contribution in [-0.2, 0) is 11.3 Å². The molecule has 0 aliphatic carbocycles. The number of halogens is 3. The summed E-state index contributed by atoms with van der Waals surface area (Å²) >= 11 is 0. The van der Waals surface area contributed by atoms with Gasteiger partial charge >= 0.3 is 11.9 Å². The molecule has 26 heavy (non-hydrogen) atoms. The van der Waals surface area contributed by atoms with Gasteiger partial charge in [-0.25, -0.2) is 0 Å². The van der Waals surface area contributed by atoms with Gasteiger partial charge in [0.1, 0.15) is 12.3 Å². The van der Waals surface area contributed by atoms with Gasteiger partial charge in [0.2, 0.25) is 0 Å². The molecular weight excluding hydrogens is 357 g/mol. The first-order chi connectivity index (χ1) is 12.2. The second-order valence-electron chi connectivity index (χ2n) is 5.46. The maximum Gasteiger partial charge on any atom is 0.406 e. The summed E-state index contributed by atoms with van der Waals surface area (Å²) in [5.41, 5.74) is 0.262. The van der Waals surface area contributed by atoms with Crippen molar-refractivity contribution in [1.29, 1.82) is 0 Å². The van der Waals surface area contributed by atoms with Gasteiger partial charge in [0.05, 0.1) is 17.7 Å². The van der Waals surface area contributed by atoms with Crippen molar-refractivity contribution in [1.82, 2.24) is 4.90 Å². The number of nitrogens with zero attached hydrogens (tertiary/aromatic N) is 2. The van der Waals surface area contributed by atoms with E-state index in [0.717, 1.165) is 0 Å². The number of nitro benzene ring substituents is 1. The van der Waals surface area contributed by atoms with E-state index >= 15 is 0 Å². The van der Waals surface area contributed by atoms with E-state index in [9.17, 15) is 28.1 Å². The van der Waals surface area contributed by atoms with Gasteiger partial charge in [-0.1, -0.05) is 6.07 Å². The van der Waals surface area contributed by atoms with E-state index < -0.39 is 36.7 Å². The SMILES string of the molecule is Cc1ccc([N+](=O)[O-])c(OCC(=O)N(Cc2ccco2)CC(F)(F)F)c1. The lowest BCUT2D eigenvalue weighted by atomic mass is 10.2. The fourth-order valence-corrected chi connectivity index (χ4v) is 2.16. The summed E-state index contributed by atoms with van der Waals surface area (Å²) in [4.78, 5) is 23.0. The molecule has 0 saturated carbocycles. The molecule has 0 fully saturated rings. The van der Waals surface area contributed by atoms with Crippen molar-refractivity contribution in [3.8, 4) is 5.75 Å². The minimum absolute atomic E-state index is 0.170. The Kier molecular flexibility index (Phi) is 5.86. The van der Waals surface area contributed by atoms with Gasteiger partial charge in [-0.15, -0.1) is 0 Å². The van der Waals surface area contributed by atoms with Crippen LogP contribution in [0.3, 0.4) is 0 Å². The van der Waals surface area contributed by atoms with Crippen molar-refractivity contribution in [3.63, 3.8) is 0 Å². The number of furan rings is 1. The number of alkyl halides is 3. The molecule has 0 spiro atoms. The summed E-state index contributed by atoms with van der Waals surface area (Å²) in [6.07, 6.45) is -3.34. The minimum atomic E-state index is -4.61. The Bertz CT molecular complexity index is 775. The van der Waals surface area contributed by atoms with Crippen molar-refractivity contribution < 1.29 is 32.0 Å². The van der Waals surface area contributed by atoms with E-state index in [-0.39, 0.29) is 17.2 Å². The third-order valence-electron chi connectivity index (χ3n) is 3.31. The molecule has 1 heterocycles. The first-order valence-electron chi connectivity index (χ1n) is 7.40. The van der Waals surface area contributed by atoms with Gasteiger partial charge in [0, 0.05) is 6.07 Å². The first kappa shape index (κ1) is 19.3. The van der Waals surface area contributed by atoms with Crippen molar-refractivity contribution in [3.05, 3.63) is 58.0 Å². The first-order valence-corrected chi connectivity index (χ1v) is 7.40. The number of aryl methyl sites for hydroxylation is 1. The number of benzene rings is 1. The average Bonchev–Trinajstić information content (AvgIpc) is 3.03. The quantitative estimate of drug-likeness (QED) is 0.549. The molecule has 0 bridgehead atoms. The van der Waals surface area contributed by atoms with Crippen molar-refractivity contribution in [2.24, 2.45) is 0 Å². The van der Waals surface area contributed by atoms with E-state index in [0.29, 0.717) is 10.5 Å². The molecule has 0 aliphatic heterocycles. The minimum Gasteiger partial charge on any atom is -0.477 e. The largest absolute Gasteiger partial charge is 0.477 e. The number of carbonyl (C=O) groups is 1.